The Balaban J connectivity index is 1.85. The minimum absolute atomic E-state index is 0.0295. The Hall–Kier alpha value is -2.45. The summed E-state index contributed by atoms with van der Waals surface area (Å²) in [7, 11) is 1.38. The monoisotopic (exact) mass is 363 g/mol. The molecule has 3 heterocycles. The summed E-state index contributed by atoms with van der Waals surface area (Å²) in [5, 5.41) is 11.8. The van der Waals surface area contributed by atoms with Crippen molar-refractivity contribution in [2.75, 3.05) is 43.1 Å². The first-order valence-electron chi connectivity index (χ1n) is 9.08. The molecule has 1 aromatic rings. The Morgan fingerprint density at radius 3 is 2.42 bits per heavy atom. The highest BCUT2D eigenvalue weighted by molar-refractivity contribution is 5.74. The lowest BCUT2D eigenvalue weighted by Gasteiger charge is -2.33. The molecule has 1 unspecified atom stereocenters. The molecule has 0 aromatic carbocycles. The standard InChI is InChI=1S/C17H25N5O4/c1-12-4-3-7-21(10-12)16-14(22(24)25)15(18-11-19-16)20-8-5-13(6-9-20)17(23)26-2/h11-13H,3-10H2,1-2H3. The first-order valence-corrected chi connectivity index (χ1v) is 9.08. The fourth-order valence-corrected chi connectivity index (χ4v) is 3.86. The van der Waals surface area contributed by atoms with Gasteiger partial charge in [-0.15, -0.1) is 0 Å². The number of nitrogens with zero attached hydrogens (tertiary/aromatic N) is 5. The van der Waals surface area contributed by atoms with Crippen molar-refractivity contribution in [1.29, 1.82) is 0 Å². The molecule has 9 heteroatoms. The average Bonchev–Trinajstić information content (AvgIpc) is 2.66. The van der Waals surface area contributed by atoms with Crippen molar-refractivity contribution in [2.45, 2.75) is 32.6 Å². The van der Waals surface area contributed by atoms with E-state index in [1.165, 1.54) is 13.4 Å². The van der Waals surface area contributed by atoms with E-state index in [1.54, 1.807) is 0 Å². The molecule has 0 bridgehead atoms. The summed E-state index contributed by atoms with van der Waals surface area (Å²) in [6, 6.07) is 0. The zero-order valence-electron chi connectivity index (χ0n) is 15.3. The van der Waals surface area contributed by atoms with E-state index < -0.39 is 0 Å². The van der Waals surface area contributed by atoms with Crippen LogP contribution in [0.5, 0.6) is 0 Å². The van der Waals surface area contributed by atoms with Crippen LogP contribution in [-0.4, -0.2) is 54.1 Å². The molecule has 0 amide bonds. The van der Waals surface area contributed by atoms with Gasteiger partial charge in [0.25, 0.3) is 0 Å². The first-order chi connectivity index (χ1) is 12.5. The highest BCUT2D eigenvalue weighted by atomic mass is 16.6. The molecule has 0 saturated carbocycles. The van der Waals surface area contributed by atoms with Gasteiger partial charge in [-0.2, -0.15) is 0 Å². The van der Waals surface area contributed by atoms with E-state index in [-0.39, 0.29) is 22.5 Å². The van der Waals surface area contributed by atoms with Gasteiger partial charge >= 0.3 is 11.7 Å². The Morgan fingerprint density at radius 1 is 1.19 bits per heavy atom. The molecule has 2 aliphatic rings. The lowest BCUT2D eigenvalue weighted by molar-refractivity contribution is -0.383. The number of anilines is 2. The molecular weight excluding hydrogens is 338 g/mol. The van der Waals surface area contributed by atoms with Gasteiger partial charge in [0.2, 0.25) is 11.6 Å². The van der Waals surface area contributed by atoms with Gasteiger partial charge in [-0.05, 0) is 31.6 Å². The third kappa shape index (κ3) is 3.71. The van der Waals surface area contributed by atoms with Crippen molar-refractivity contribution in [3.63, 3.8) is 0 Å². The summed E-state index contributed by atoms with van der Waals surface area (Å²) >= 11 is 0. The van der Waals surface area contributed by atoms with Crippen LogP contribution >= 0.6 is 0 Å². The Labute approximate surface area is 152 Å². The number of hydrogen-bond donors (Lipinski definition) is 0. The van der Waals surface area contributed by atoms with Crippen LogP contribution in [0.3, 0.4) is 0 Å². The maximum Gasteiger partial charge on any atom is 0.353 e. The third-order valence-corrected chi connectivity index (χ3v) is 5.25. The van der Waals surface area contributed by atoms with Crippen molar-refractivity contribution in [3.05, 3.63) is 16.4 Å². The van der Waals surface area contributed by atoms with Crippen molar-refractivity contribution < 1.29 is 14.5 Å². The number of ether oxygens (including phenoxy) is 1. The molecule has 3 rings (SSSR count). The number of piperidine rings is 2. The number of nitro groups is 1. The van der Waals surface area contributed by atoms with E-state index in [2.05, 4.69) is 16.9 Å². The van der Waals surface area contributed by atoms with Crippen molar-refractivity contribution in [3.8, 4) is 0 Å². The minimum Gasteiger partial charge on any atom is -0.469 e. The molecule has 0 aliphatic carbocycles. The Kier molecular flexibility index (Phi) is 5.53. The summed E-state index contributed by atoms with van der Waals surface area (Å²) in [6.07, 6.45) is 4.74. The SMILES string of the molecule is COC(=O)C1CCN(c2ncnc(N3CCCC(C)C3)c2[N+](=O)[O-])CC1. The maximum absolute atomic E-state index is 11.8. The first kappa shape index (κ1) is 18.3. The van der Waals surface area contributed by atoms with Crippen LogP contribution < -0.4 is 9.80 Å². The van der Waals surface area contributed by atoms with Crippen LogP contribution in [0.15, 0.2) is 6.33 Å². The lowest BCUT2D eigenvalue weighted by atomic mass is 9.97. The van der Waals surface area contributed by atoms with E-state index in [0.717, 1.165) is 25.9 Å². The molecule has 9 nitrogen and oxygen atoms in total. The fraction of sp³-hybridized carbons (Fsp3) is 0.706. The topological polar surface area (TPSA) is 102 Å². The Morgan fingerprint density at radius 2 is 1.85 bits per heavy atom. The summed E-state index contributed by atoms with van der Waals surface area (Å²) in [4.78, 5) is 35.5. The summed E-state index contributed by atoms with van der Waals surface area (Å²) in [5.41, 5.74) is -0.0295. The van der Waals surface area contributed by atoms with Crippen molar-refractivity contribution >= 4 is 23.3 Å². The number of esters is 1. The highest BCUT2D eigenvalue weighted by Crippen LogP contribution is 2.37. The Bertz CT molecular complexity index is 675. The molecule has 2 aliphatic heterocycles. The largest absolute Gasteiger partial charge is 0.469 e. The molecule has 2 saturated heterocycles. The lowest BCUT2D eigenvalue weighted by Crippen LogP contribution is -2.38. The van der Waals surface area contributed by atoms with Crippen LogP contribution in [0.25, 0.3) is 0 Å². The van der Waals surface area contributed by atoms with Gasteiger partial charge in [-0.25, -0.2) is 9.97 Å². The summed E-state index contributed by atoms with van der Waals surface area (Å²) in [5.74, 6) is 0.866. The molecule has 0 N–H and O–H groups in total. The molecular formula is C17H25N5O4. The average molecular weight is 363 g/mol. The normalized spacial score (nSPS) is 21.5. The molecule has 1 atom stereocenters. The molecule has 26 heavy (non-hydrogen) atoms. The van der Waals surface area contributed by atoms with Crippen LogP contribution in [-0.2, 0) is 9.53 Å². The van der Waals surface area contributed by atoms with E-state index in [1.807, 2.05) is 9.80 Å². The van der Waals surface area contributed by atoms with Crippen molar-refractivity contribution in [2.24, 2.45) is 11.8 Å². The maximum atomic E-state index is 11.8. The summed E-state index contributed by atoms with van der Waals surface area (Å²) < 4.78 is 4.80. The molecule has 2 fully saturated rings. The van der Waals surface area contributed by atoms with Gasteiger partial charge in [0.1, 0.15) is 6.33 Å². The predicted octanol–water partition coefficient (Wildman–Crippen LogP) is 2.01. The van der Waals surface area contributed by atoms with Crippen LogP contribution in [0.4, 0.5) is 17.3 Å². The van der Waals surface area contributed by atoms with Gasteiger partial charge < -0.3 is 14.5 Å². The van der Waals surface area contributed by atoms with E-state index >= 15 is 0 Å². The number of methoxy groups -OCH3 is 1. The second kappa shape index (κ2) is 7.84. The second-order valence-corrected chi connectivity index (χ2v) is 7.10. The smallest absolute Gasteiger partial charge is 0.353 e. The molecule has 142 valence electrons. The van der Waals surface area contributed by atoms with E-state index in [0.29, 0.717) is 43.5 Å². The van der Waals surface area contributed by atoms with Gasteiger partial charge in [0, 0.05) is 26.2 Å². The zero-order valence-corrected chi connectivity index (χ0v) is 15.3. The van der Waals surface area contributed by atoms with Gasteiger partial charge in [-0.3, -0.25) is 14.9 Å². The molecule has 0 spiro atoms. The minimum atomic E-state index is -0.379. The number of carbonyl (C=O) groups excluding carboxylic acids is 1. The van der Waals surface area contributed by atoms with E-state index in [4.69, 9.17) is 4.74 Å². The predicted molar refractivity (Wildman–Crippen MR) is 96.3 cm³/mol. The van der Waals surface area contributed by atoms with Crippen LogP contribution in [0.2, 0.25) is 0 Å². The highest BCUT2D eigenvalue weighted by Gasteiger charge is 2.34. The second-order valence-electron chi connectivity index (χ2n) is 7.10. The number of hydrogen-bond acceptors (Lipinski definition) is 8. The fourth-order valence-electron chi connectivity index (χ4n) is 3.86. The van der Waals surface area contributed by atoms with Crippen LogP contribution in [0, 0.1) is 22.0 Å². The zero-order chi connectivity index (χ0) is 18.7. The number of aromatic nitrogens is 2. The third-order valence-electron chi connectivity index (χ3n) is 5.25. The van der Waals surface area contributed by atoms with E-state index in [9.17, 15) is 14.9 Å². The van der Waals surface area contributed by atoms with Crippen molar-refractivity contribution in [1.82, 2.24) is 9.97 Å². The number of carbonyl (C=O) groups is 1. The summed E-state index contributed by atoms with van der Waals surface area (Å²) in [6.45, 7) is 4.76. The van der Waals surface area contributed by atoms with Gasteiger partial charge in [0.05, 0.1) is 18.0 Å². The van der Waals surface area contributed by atoms with Crippen LogP contribution in [0.1, 0.15) is 32.6 Å². The van der Waals surface area contributed by atoms with Gasteiger partial charge in [-0.1, -0.05) is 6.92 Å². The number of rotatable bonds is 4. The molecule has 1 aromatic heterocycles. The van der Waals surface area contributed by atoms with Gasteiger partial charge in [0.15, 0.2) is 0 Å². The quantitative estimate of drug-likeness (QED) is 0.455. The molecule has 0 radical (unpaired) electrons.